The molecule has 0 spiro atoms. The van der Waals surface area contributed by atoms with Crippen molar-refractivity contribution in [2.75, 3.05) is 26.9 Å². The minimum absolute atomic E-state index is 0.363. The smallest absolute Gasteiger partial charge is 0.118 e. The maximum Gasteiger partial charge on any atom is 0.118 e. The Hall–Kier alpha value is -1.06. The van der Waals surface area contributed by atoms with Gasteiger partial charge in [-0.2, -0.15) is 0 Å². The Morgan fingerprint density at radius 2 is 1.94 bits per heavy atom. The molecule has 3 nitrogen and oxygen atoms in total. The van der Waals surface area contributed by atoms with Gasteiger partial charge in [0.25, 0.3) is 0 Å². The number of rotatable bonds is 8. The third-order valence-electron chi connectivity index (χ3n) is 2.74. The Labute approximate surface area is 104 Å². The molecule has 0 amide bonds. The molecule has 0 aliphatic rings. The molecule has 1 N–H and O–H groups in total. The maximum atomic E-state index is 5.29. The van der Waals surface area contributed by atoms with Crippen LogP contribution in [0.15, 0.2) is 24.3 Å². The van der Waals surface area contributed by atoms with Gasteiger partial charge >= 0.3 is 0 Å². The summed E-state index contributed by atoms with van der Waals surface area (Å²) in [6.07, 6.45) is 1.05. The molecular formula is C14H23NO2. The third-order valence-corrected chi connectivity index (χ3v) is 2.74. The van der Waals surface area contributed by atoms with Crippen molar-refractivity contribution in [1.29, 1.82) is 0 Å². The Balaban J connectivity index is 2.28. The molecule has 1 unspecified atom stereocenters. The summed E-state index contributed by atoms with van der Waals surface area (Å²) < 4.78 is 10.4. The quantitative estimate of drug-likeness (QED) is 0.705. The van der Waals surface area contributed by atoms with Crippen LogP contribution in [0.25, 0.3) is 0 Å². The van der Waals surface area contributed by atoms with Crippen LogP contribution in [0.1, 0.15) is 31.9 Å². The topological polar surface area (TPSA) is 30.5 Å². The van der Waals surface area contributed by atoms with Crippen LogP contribution in [0, 0.1) is 0 Å². The highest BCUT2D eigenvalue weighted by Crippen LogP contribution is 2.16. The number of methoxy groups -OCH3 is 1. The molecule has 0 saturated heterocycles. The normalized spacial score (nSPS) is 12.4. The van der Waals surface area contributed by atoms with E-state index in [2.05, 4.69) is 24.4 Å². The molecule has 0 fully saturated rings. The van der Waals surface area contributed by atoms with Gasteiger partial charge in [0.15, 0.2) is 0 Å². The summed E-state index contributed by atoms with van der Waals surface area (Å²) in [4.78, 5) is 0. The number of benzene rings is 1. The van der Waals surface area contributed by atoms with Gasteiger partial charge < -0.3 is 14.8 Å². The van der Waals surface area contributed by atoms with Crippen molar-refractivity contribution in [3.05, 3.63) is 29.8 Å². The molecule has 1 atom stereocenters. The van der Waals surface area contributed by atoms with E-state index in [1.54, 1.807) is 7.11 Å². The number of hydrogen-bond acceptors (Lipinski definition) is 3. The average molecular weight is 237 g/mol. The van der Waals surface area contributed by atoms with Gasteiger partial charge in [-0.15, -0.1) is 0 Å². The first-order valence-corrected chi connectivity index (χ1v) is 6.23. The van der Waals surface area contributed by atoms with Crippen LogP contribution in [0.2, 0.25) is 0 Å². The van der Waals surface area contributed by atoms with E-state index in [1.165, 1.54) is 5.56 Å². The highest BCUT2D eigenvalue weighted by atomic mass is 16.5. The Morgan fingerprint density at radius 3 is 2.53 bits per heavy atom. The first-order valence-electron chi connectivity index (χ1n) is 6.23. The van der Waals surface area contributed by atoms with Crippen molar-refractivity contribution in [3.8, 4) is 5.75 Å². The standard InChI is InChI=1S/C14H23NO2/c1-4-17-11-5-10-15-12(2)13-6-8-14(16-3)9-7-13/h6-9,12,15H,4-5,10-11H2,1-3H3. The molecule has 1 aromatic carbocycles. The lowest BCUT2D eigenvalue weighted by atomic mass is 10.1. The summed E-state index contributed by atoms with van der Waals surface area (Å²) in [5.74, 6) is 0.900. The van der Waals surface area contributed by atoms with Gasteiger partial charge in [-0.3, -0.25) is 0 Å². The van der Waals surface area contributed by atoms with E-state index in [4.69, 9.17) is 9.47 Å². The molecule has 3 heteroatoms. The summed E-state index contributed by atoms with van der Waals surface area (Å²) in [6.45, 7) is 6.80. The lowest BCUT2D eigenvalue weighted by Crippen LogP contribution is -2.20. The lowest BCUT2D eigenvalue weighted by molar-refractivity contribution is 0.144. The lowest BCUT2D eigenvalue weighted by Gasteiger charge is -2.14. The zero-order valence-electron chi connectivity index (χ0n) is 11.0. The number of nitrogens with one attached hydrogen (secondary N) is 1. The summed E-state index contributed by atoms with van der Waals surface area (Å²) >= 11 is 0. The Kier molecular flexibility index (Phi) is 6.67. The van der Waals surface area contributed by atoms with Gasteiger partial charge in [-0.25, -0.2) is 0 Å². The molecule has 0 bridgehead atoms. The first-order chi connectivity index (χ1) is 8.27. The molecule has 1 aromatic rings. The Morgan fingerprint density at radius 1 is 1.24 bits per heavy atom. The maximum absolute atomic E-state index is 5.29. The fourth-order valence-electron chi connectivity index (χ4n) is 1.65. The molecule has 0 heterocycles. The van der Waals surface area contributed by atoms with Gasteiger partial charge in [-0.05, 0) is 44.5 Å². The van der Waals surface area contributed by atoms with Crippen molar-refractivity contribution in [2.24, 2.45) is 0 Å². The van der Waals surface area contributed by atoms with Gasteiger partial charge in [-0.1, -0.05) is 12.1 Å². The predicted molar refractivity (Wildman–Crippen MR) is 70.5 cm³/mol. The fourth-order valence-corrected chi connectivity index (χ4v) is 1.65. The summed E-state index contributed by atoms with van der Waals surface area (Å²) in [6, 6.07) is 8.54. The van der Waals surface area contributed by atoms with Crippen LogP contribution in [0.5, 0.6) is 5.75 Å². The van der Waals surface area contributed by atoms with E-state index in [0.29, 0.717) is 6.04 Å². The van der Waals surface area contributed by atoms with Crippen LogP contribution in [-0.2, 0) is 4.74 Å². The van der Waals surface area contributed by atoms with Crippen LogP contribution in [0.3, 0.4) is 0 Å². The van der Waals surface area contributed by atoms with Crippen LogP contribution in [-0.4, -0.2) is 26.9 Å². The second-order valence-corrected chi connectivity index (χ2v) is 4.00. The summed E-state index contributed by atoms with van der Waals surface area (Å²) in [5, 5.41) is 3.47. The van der Waals surface area contributed by atoms with Gasteiger partial charge in [0.05, 0.1) is 7.11 Å². The van der Waals surface area contributed by atoms with E-state index in [9.17, 15) is 0 Å². The van der Waals surface area contributed by atoms with E-state index in [0.717, 1.165) is 31.9 Å². The van der Waals surface area contributed by atoms with Crippen LogP contribution >= 0.6 is 0 Å². The van der Waals surface area contributed by atoms with Crippen molar-refractivity contribution < 1.29 is 9.47 Å². The summed E-state index contributed by atoms with van der Waals surface area (Å²) in [5.41, 5.74) is 1.28. The van der Waals surface area contributed by atoms with Crippen molar-refractivity contribution in [2.45, 2.75) is 26.3 Å². The second-order valence-electron chi connectivity index (χ2n) is 4.00. The number of ether oxygens (including phenoxy) is 2. The van der Waals surface area contributed by atoms with Gasteiger partial charge in [0, 0.05) is 19.3 Å². The second kappa shape index (κ2) is 8.09. The monoisotopic (exact) mass is 237 g/mol. The van der Waals surface area contributed by atoms with Crippen molar-refractivity contribution in [1.82, 2.24) is 5.32 Å². The van der Waals surface area contributed by atoms with Gasteiger partial charge in [0.1, 0.15) is 5.75 Å². The zero-order valence-corrected chi connectivity index (χ0v) is 11.0. The molecular weight excluding hydrogens is 214 g/mol. The third kappa shape index (κ3) is 5.20. The fraction of sp³-hybridized carbons (Fsp3) is 0.571. The predicted octanol–water partition coefficient (Wildman–Crippen LogP) is 2.77. The molecule has 96 valence electrons. The largest absolute Gasteiger partial charge is 0.497 e. The van der Waals surface area contributed by atoms with E-state index < -0.39 is 0 Å². The van der Waals surface area contributed by atoms with E-state index in [1.807, 2.05) is 19.1 Å². The van der Waals surface area contributed by atoms with E-state index in [-0.39, 0.29) is 0 Å². The van der Waals surface area contributed by atoms with Gasteiger partial charge in [0.2, 0.25) is 0 Å². The molecule has 0 aliphatic carbocycles. The highest BCUT2D eigenvalue weighted by Gasteiger charge is 2.03. The van der Waals surface area contributed by atoms with Crippen molar-refractivity contribution in [3.63, 3.8) is 0 Å². The minimum atomic E-state index is 0.363. The molecule has 17 heavy (non-hydrogen) atoms. The highest BCUT2D eigenvalue weighted by molar-refractivity contribution is 5.28. The summed E-state index contributed by atoms with van der Waals surface area (Å²) in [7, 11) is 1.68. The Bertz CT molecular complexity index is 298. The molecule has 0 aromatic heterocycles. The molecule has 1 rings (SSSR count). The SMILES string of the molecule is CCOCCCNC(C)c1ccc(OC)cc1. The zero-order chi connectivity index (χ0) is 12.5. The molecule has 0 saturated carbocycles. The molecule has 0 radical (unpaired) electrons. The van der Waals surface area contributed by atoms with E-state index >= 15 is 0 Å². The minimum Gasteiger partial charge on any atom is -0.497 e. The van der Waals surface area contributed by atoms with Crippen LogP contribution < -0.4 is 10.1 Å². The molecule has 0 aliphatic heterocycles. The average Bonchev–Trinajstić information content (AvgIpc) is 2.38. The van der Waals surface area contributed by atoms with Crippen molar-refractivity contribution >= 4 is 0 Å². The first kappa shape index (κ1) is 14.0. The van der Waals surface area contributed by atoms with Crippen LogP contribution in [0.4, 0.5) is 0 Å². The number of hydrogen-bond donors (Lipinski definition) is 1.